The number of fused-ring (bicyclic) bond motifs is 2. The highest BCUT2D eigenvalue weighted by atomic mass is 14.9. The van der Waals surface area contributed by atoms with Crippen LogP contribution in [0.15, 0.2) is 30.3 Å². The molecule has 0 saturated carbocycles. The summed E-state index contributed by atoms with van der Waals surface area (Å²) >= 11 is 0. The van der Waals surface area contributed by atoms with E-state index in [0.29, 0.717) is 0 Å². The van der Waals surface area contributed by atoms with Crippen molar-refractivity contribution in [3.8, 4) is 0 Å². The predicted octanol–water partition coefficient (Wildman–Crippen LogP) is 4.09. The number of benzene rings is 2. The Balaban J connectivity index is 0.000000574. The molecule has 0 radical (unpaired) electrons. The van der Waals surface area contributed by atoms with Gasteiger partial charge >= 0.3 is 0 Å². The van der Waals surface area contributed by atoms with Crippen LogP contribution in [-0.2, 0) is 0 Å². The summed E-state index contributed by atoms with van der Waals surface area (Å²) in [5.74, 6) is 0.958. The number of aryl methyl sites for hydroxylation is 1. The van der Waals surface area contributed by atoms with E-state index in [1.54, 1.807) is 0 Å². The summed E-state index contributed by atoms with van der Waals surface area (Å²) in [6, 6.07) is 10.6. The van der Waals surface area contributed by atoms with E-state index in [-0.39, 0.29) is 0 Å². The lowest BCUT2D eigenvalue weighted by molar-refractivity contribution is 1.17. The first kappa shape index (κ1) is 12.4. The molecule has 2 N–H and O–H groups in total. The fourth-order valence-electron chi connectivity index (χ4n) is 2.04. The number of aromatic nitrogens is 2. The zero-order chi connectivity index (χ0) is 13.1. The van der Waals surface area contributed by atoms with Crippen LogP contribution in [-0.4, -0.2) is 17.0 Å². The van der Waals surface area contributed by atoms with Crippen molar-refractivity contribution in [1.29, 1.82) is 0 Å². The summed E-state index contributed by atoms with van der Waals surface area (Å²) in [5.41, 5.74) is 3.25. The topological polar surface area (TPSA) is 40.7 Å². The van der Waals surface area contributed by atoms with Gasteiger partial charge in [0.1, 0.15) is 5.82 Å². The standard InChI is InChI=1S/C13H13N3.C2H6/c1-8-15-12-6-9-3-4-11(14-2)5-10(9)7-13(12)16-8;1-2/h3-7,14H,1-2H3,(H,15,16);1-2H3. The third kappa shape index (κ3) is 2.16. The van der Waals surface area contributed by atoms with Gasteiger partial charge < -0.3 is 10.3 Å². The lowest BCUT2D eigenvalue weighted by Gasteiger charge is -2.02. The van der Waals surface area contributed by atoms with Crippen LogP contribution in [0, 0.1) is 6.92 Å². The molecule has 3 heteroatoms. The van der Waals surface area contributed by atoms with Crippen molar-refractivity contribution in [1.82, 2.24) is 9.97 Å². The van der Waals surface area contributed by atoms with Crippen LogP contribution in [0.1, 0.15) is 19.7 Å². The van der Waals surface area contributed by atoms with Crippen molar-refractivity contribution in [3.63, 3.8) is 0 Å². The molecule has 0 spiro atoms. The first-order valence-electron chi connectivity index (χ1n) is 6.34. The lowest BCUT2D eigenvalue weighted by Crippen LogP contribution is -1.86. The molecule has 2 aromatic carbocycles. The minimum absolute atomic E-state index is 0.958. The predicted molar refractivity (Wildman–Crippen MR) is 79.2 cm³/mol. The van der Waals surface area contributed by atoms with Crippen LogP contribution >= 0.6 is 0 Å². The molecule has 0 saturated heterocycles. The van der Waals surface area contributed by atoms with Gasteiger partial charge in [0.15, 0.2) is 0 Å². The molecule has 3 aromatic rings. The number of imidazole rings is 1. The van der Waals surface area contributed by atoms with E-state index in [9.17, 15) is 0 Å². The number of hydrogen-bond donors (Lipinski definition) is 2. The molecule has 0 atom stereocenters. The summed E-state index contributed by atoms with van der Waals surface area (Å²) < 4.78 is 0. The molecule has 0 aliphatic heterocycles. The molecule has 0 unspecified atom stereocenters. The van der Waals surface area contributed by atoms with Crippen molar-refractivity contribution in [2.75, 3.05) is 12.4 Å². The Labute approximate surface area is 107 Å². The number of hydrogen-bond acceptors (Lipinski definition) is 2. The largest absolute Gasteiger partial charge is 0.388 e. The van der Waals surface area contributed by atoms with Gasteiger partial charge in [-0.05, 0) is 42.0 Å². The Morgan fingerprint density at radius 3 is 2.56 bits per heavy atom. The van der Waals surface area contributed by atoms with E-state index in [2.05, 4.69) is 45.6 Å². The Hall–Kier alpha value is -2.03. The van der Waals surface area contributed by atoms with Crippen LogP contribution in [0.3, 0.4) is 0 Å². The highest BCUT2D eigenvalue weighted by Crippen LogP contribution is 2.23. The smallest absolute Gasteiger partial charge is 0.104 e. The fourth-order valence-corrected chi connectivity index (χ4v) is 2.04. The Bertz CT molecular complexity index is 668. The molecule has 3 rings (SSSR count). The Morgan fingerprint density at radius 1 is 1.06 bits per heavy atom. The molecular weight excluding hydrogens is 222 g/mol. The average Bonchev–Trinajstić information content (AvgIpc) is 2.76. The minimum atomic E-state index is 0.958. The second kappa shape index (κ2) is 5.08. The molecule has 94 valence electrons. The Kier molecular flexibility index (Phi) is 3.51. The van der Waals surface area contributed by atoms with Gasteiger partial charge in [-0.2, -0.15) is 0 Å². The molecule has 1 aromatic heterocycles. The minimum Gasteiger partial charge on any atom is -0.388 e. The summed E-state index contributed by atoms with van der Waals surface area (Å²) in [6.07, 6.45) is 0. The Morgan fingerprint density at radius 2 is 1.83 bits per heavy atom. The van der Waals surface area contributed by atoms with Crippen molar-refractivity contribution in [2.24, 2.45) is 0 Å². The second-order valence-electron chi connectivity index (χ2n) is 4.00. The van der Waals surface area contributed by atoms with E-state index in [1.165, 1.54) is 10.8 Å². The highest BCUT2D eigenvalue weighted by molar-refractivity contribution is 5.96. The number of H-pyrrole nitrogens is 1. The van der Waals surface area contributed by atoms with Crippen LogP contribution in [0.4, 0.5) is 5.69 Å². The maximum atomic E-state index is 4.43. The van der Waals surface area contributed by atoms with E-state index in [0.717, 1.165) is 22.5 Å². The van der Waals surface area contributed by atoms with Gasteiger partial charge in [-0.1, -0.05) is 19.9 Å². The average molecular weight is 241 g/mol. The monoisotopic (exact) mass is 241 g/mol. The van der Waals surface area contributed by atoms with Crippen LogP contribution in [0.5, 0.6) is 0 Å². The highest BCUT2D eigenvalue weighted by Gasteiger charge is 2.02. The summed E-state index contributed by atoms with van der Waals surface area (Å²) in [4.78, 5) is 7.69. The van der Waals surface area contributed by atoms with Gasteiger partial charge in [-0.3, -0.25) is 0 Å². The van der Waals surface area contributed by atoms with Gasteiger partial charge in [0.2, 0.25) is 0 Å². The van der Waals surface area contributed by atoms with Crippen LogP contribution in [0.2, 0.25) is 0 Å². The molecule has 0 bridgehead atoms. The molecule has 3 nitrogen and oxygen atoms in total. The zero-order valence-electron chi connectivity index (χ0n) is 11.3. The van der Waals surface area contributed by atoms with Crippen molar-refractivity contribution in [2.45, 2.75) is 20.8 Å². The first-order valence-corrected chi connectivity index (χ1v) is 6.34. The fraction of sp³-hybridized carbons (Fsp3) is 0.267. The van der Waals surface area contributed by atoms with E-state index >= 15 is 0 Å². The number of anilines is 1. The van der Waals surface area contributed by atoms with Crippen molar-refractivity contribution < 1.29 is 0 Å². The van der Waals surface area contributed by atoms with Crippen molar-refractivity contribution >= 4 is 27.5 Å². The molecule has 0 amide bonds. The van der Waals surface area contributed by atoms with Crippen LogP contribution < -0.4 is 5.32 Å². The number of aromatic amines is 1. The maximum absolute atomic E-state index is 4.43. The van der Waals surface area contributed by atoms with Crippen molar-refractivity contribution in [3.05, 3.63) is 36.2 Å². The van der Waals surface area contributed by atoms with E-state index in [4.69, 9.17) is 0 Å². The molecule has 0 aliphatic carbocycles. The van der Waals surface area contributed by atoms with E-state index < -0.39 is 0 Å². The SMILES string of the molecule is CC.CNc1ccc2cc3nc(C)[nH]c3cc2c1. The molecule has 0 aliphatic rings. The van der Waals surface area contributed by atoms with Gasteiger partial charge in [-0.15, -0.1) is 0 Å². The molecular formula is C15H19N3. The third-order valence-corrected chi connectivity index (χ3v) is 2.85. The van der Waals surface area contributed by atoms with Gasteiger partial charge in [0.05, 0.1) is 11.0 Å². The molecule has 0 fully saturated rings. The second-order valence-corrected chi connectivity index (χ2v) is 4.00. The number of rotatable bonds is 1. The van der Waals surface area contributed by atoms with Gasteiger partial charge in [-0.25, -0.2) is 4.98 Å². The van der Waals surface area contributed by atoms with Crippen LogP contribution in [0.25, 0.3) is 21.8 Å². The third-order valence-electron chi connectivity index (χ3n) is 2.85. The normalized spacial score (nSPS) is 10.2. The summed E-state index contributed by atoms with van der Waals surface area (Å²) in [5, 5.41) is 5.59. The zero-order valence-corrected chi connectivity index (χ0v) is 11.3. The lowest BCUT2D eigenvalue weighted by atomic mass is 10.1. The summed E-state index contributed by atoms with van der Waals surface area (Å²) in [6.45, 7) is 5.98. The van der Waals surface area contributed by atoms with Gasteiger partial charge in [0.25, 0.3) is 0 Å². The molecule has 18 heavy (non-hydrogen) atoms. The summed E-state index contributed by atoms with van der Waals surface area (Å²) in [7, 11) is 1.93. The number of nitrogens with zero attached hydrogens (tertiary/aromatic N) is 1. The molecule has 1 heterocycles. The van der Waals surface area contributed by atoms with Gasteiger partial charge in [0, 0.05) is 12.7 Å². The number of nitrogens with one attached hydrogen (secondary N) is 2. The quantitative estimate of drug-likeness (QED) is 0.673. The maximum Gasteiger partial charge on any atom is 0.104 e. The van der Waals surface area contributed by atoms with E-state index in [1.807, 2.05) is 27.8 Å². The first-order chi connectivity index (χ1) is 8.76.